The van der Waals surface area contributed by atoms with Gasteiger partial charge in [-0.05, 0) is 60.2 Å². The molecule has 0 fully saturated rings. The summed E-state index contributed by atoms with van der Waals surface area (Å²) in [7, 11) is 0. The van der Waals surface area contributed by atoms with Crippen LogP contribution in [-0.2, 0) is 6.42 Å². The lowest BCUT2D eigenvalue weighted by molar-refractivity contribution is 0.815. The van der Waals surface area contributed by atoms with Crippen LogP contribution in [0.25, 0.3) is 11.1 Å². The molecular weight excluding hydrogens is 278 g/mol. The van der Waals surface area contributed by atoms with Crippen molar-refractivity contribution >= 4 is 5.69 Å². The minimum atomic E-state index is 0.385. The van der Waals surface area contributed by atoms with Gasteiger partial charge >= 0.3 is 0 Å². The summed E-state index contributed by atoms with van der Waals surface area (Å²) < 4.78 is 0. The molecule has 1 nitrogen and oxygen atoms in total. The van der Waals surface area contributed by atoms with E-state index in [0.717, 1.165) is 6.42 Å². The van der Waals surface area contributed by atoms with Gasteiger partial charge in [-0.2, -0.15) is 0 Å². The highest BCUT2D eigenvalue weighted by Crippen LogP contribution is 2.37. The predicted octanol–water partition coefficient (Wildman–Crippen LogP) is 5.68. The Morgan fingerprint density at radius 1 is 0.826 bits per heavy atom. The molecule has 0 aromatic heterocycles. The lowest BCUT2D eigenvalue weighted by Crippen LogP contribution is -2.07. The maximum absolute atomic E-state index is 3.70. The molecule has 0 bridgehead atoms. The van der Waals surface area contributed by atoms with Gasteiger partial charge in [-0.1, -0.05) is 60.2 Å². The second kappa shape index (κ2) is 5.58. The standard InChI is InChI=1S/C22H21N/c1-15-8-9-16(2)20(12-15)22-14-19-13-18(10-11-21(19)23-22)17-6-4-3-5-7-17/h3-13,22-23H,14H2,1-2H3. The Bertz CT molecular complexity index is 849. The number of rotatable bonds is 2. The largest absolute Gasteiger partial charge is 0.378 e. The molecule has 4 rings (SSSR count). The number of anilines is 1. The summed E-state index contributed by atoms with van der Waals surface area (Å²) >= 11 is 0. The summed E-state index contributed by atoms with van der Waals surface area (Å²) in [6.07, 6.45) is 1.06. The Hall–Kier alpha value is -2.54. The van der Waals surface area contributed by atoms with Crippen molar-refractivity contribution in [2.75, 3.05) is 5.32 Å². The third kappa shape index (κ3) is 2.63. The predicted molar refractivity (Wildman–Crippen MR) is 97.9 cm³/mol. The van der Waals surface area contributed by atoms with Gasteiger partial charge in [0, 0.05) is 5.69 Å². The van der Waals surface area contributed by atoms with Crippen LogP contribution in [0.5, 0.6) is 0 Å². The van der Waals surface area contributed by atoms with Crippen LogP contribution in [0.2, 0.25) is 0 Å². The maximum Gasteiger partial charge on any atom is 0.0557 e. The fraction of sp³-hybridized carbons (Fsp3) is 0.182. The van der Waals surface area contributed by atoms with Crippen molar-refractivity contribution in [2.45, 2.75) is 26.3 Å². The normalized spacial score (nSPS) is 16.0. The van der Waals surface area contributed by atoms with E-state index in [2.05, 4.69) is 85.9 Å². The van der Waals surface area contributed by atoms with E-state index in [4.69, 9.17) is 0 Å². The van der Waals surface area contributed by atoms with Crippen molar-refractivity contribution in [2.24, 2.45) is 0 Å². The summed E-state index contributed by atoms with van der Waals surface area (Å²) in [6.45, 7) is 4.37. The van der Waals surface area contributed by atoms with Crippen molar-refractivity contribution < 1.29 is 0 Å². The molecule has 1 N–H and O–H groups in total. The van der Waals surface area contributed by atoms with Gasteiger partial charge in [-0.25, -0.2) is 0 Å². The SMILES string of the molecule is Cc1ccc(C)c(C2Cc3cc(-c4ccccc4)ccc3N2)c1. The van der Waals surface area contributed by atoms with Gasteiger partial charge in [0.05, 0.1) is 6.04 Å². The lowest BCUT2D eigenvalue weighted by Gasteiger charge is -2.15. The van der Waals surface area contributed by atoms with Gasteiger partial charge in [0.15, 0.2) is 0 Å². The van der Waals surface area contributed by atoms with E-state index in [0.29, 0.717) is 6.04 Å². The summed E-state index contributed by atoms with van der Waals surface area (Å²) in [6, 6.07) is 24.5. The maximum atomic E-state index is 3.70. The smallest absolute Gasteiger partial charge is 0.0557 e. The molecular formula is C22H21N. The van der Waals surface area contributed by atoms with Crippen LogP contribution in [0.4, 0.5) is 5.69 Å². The van der Waals surface area contributed by atoms with Gasteiger partial charge in [-0.15, -0.1) is 0 Å². The molecule has 0 amide bonds. The van der Waals surface area contributed by atoms with Crippen LogP contribution >= 0.6 is 0 Å². The van der Waals surface area contributed by atoms with E-state index in [1.54, 1.807) is 0 Å². The van der Waals surface area contributed by atoms with Crippen LogP contribution in [0.3, 0.4) is 0 Å². The van der Waals surface area contributed by atoms with Crippen molar-refractivity contribution in [3.05, 3.63) is 89.0 Å². The molecule has 0 radical (unpaired) electrons. The number of hydrogen-bond donors (Lipinski definition) is 1. The van der Waals surface area contributed by atoms with Crippen LogP contribution in [0.1, 0.15) is 28.3 Å². The highest BCUT2D eigenvalue weighted by atomic mass is 14.9. The molecule has 3 aromatic carbocycles. The number of benzene rings is 3. The molecule has 1 aliphatic rings. The molecule has 1 heterocycles. The van der Waals surface area contributed by atoms with Crippen LogP contribution < -0.4 is 5.32 Å². The van der Waals surface area contributed by atoms with E-state index in [9.17, 15) is 0 Å². The number of aryl methyl sites for hydroxylation is 2. The van der Waals surface area contributed by atoms with Crippen LogP contribution in [0.15, 0.2) is 66.7 Å². The molecule has 1 aliphatic heterocycles. The first-order valence-corrected chi connectivity index (χ1v) is 8.23. The van der Waals surface area contributed by atoms with Gasteiger partial charge in [-0.3, -0.25) is 0 Å². The highest BCUT2D eigenvalue weighted by Gasteiger charge is 2.23. The molecule has 0 spiro atoms. The molecule has 0 saturated carbocycles. The first-order chi connectivity index (χ1) is 11.2. The topological polar surface area (TPSA) is 12.0 Å². The third-order valence-electron chi connectivity index (χ3n) is 4.78. The van der Waals surface area contributed by atoms with Crippen molar-refractivity contribution in [3.63, 3.8) is 0 Å². The fourth-order valence-corrected chi connectivity index (χ4v) is 3.50. The van der Waals surface area contributed by atoms with Gasteiger partial charge in [0.1, 0.15) is 0 Å². The van der Waals surface area contributed by atoms with Gasteiger partial charge in [0.2, 0.25) is 0 Å². The first-order valence-electron chi connectivity index (χ1n) is 8.23. The van der Waals surface area contributed by atoms with E-state index in [1.165, 1.54) is 39.1 Å². The quantitative estimate of drug-likeness (QED) is 0.642. The van der Waals surface area contributed by atoms with Crippen molar-refractivity contribution in [1.82, 2.24) is 0 Å². The monoisotopic (exact) mass is 299 g/mol. The lowest BCUT2D eigenvalue weighted by atomic mass is 9.95. The summed E-state index contributed by atoms with van der Waals surface area (Å²) in [4.78, 5) is 0. The molecule has 114 valence electrons. The molecule has 23 heavy (non-hydrogen) atoms. The zero-order valence-corrected chi connectivity index (χ0v) is 13.6. The van der Waals surface area contributed by atoms with Crippen molar-refractivity contribution in [1.29, 1.82) is 0 Å². The Kier molecular flexibility index (Phi) is 3.42. The Labute approximate surface area is 138 Å². The zero-order chi connectivity index (χ0) is 15.8. The molecule has 0 saturated heterocycles. The highest BCUT2D eigenvalue weighted by molar-refractivity contribution is 5.70. The summed E-state index contributed by atoms with van der Waals surface area (Å²) in [5, 5.41) is 3.70. The van der Waals surface area contributed by atoms with Crippen LogP contribution in [-0.4, -0.2) is 0 Å². The van der Waals surface area contributed by atoms with E-state index >= 15 is 0 Å². The Morgan fingerprint density at radius 3 is 2.48 bits per heavy atom. The average Bonchev–Trinajstić information content (AvgIpc) is 3.00. The zero-order valence-electron chi connectivity index (χ0n) is 13.6. The minimum Gasteiger partial charge on any atom is -0.378 e. The number of fused-ring (bicyclic) bond motifs is 1. The second-order valence-corrected chi connectivity index (χ2v) is 6.50. The molecule has 1 unspecified atom stereocenters. The van der Waals surface area contributed by atoms with E-state index < -0.39 is 0 Å². The third-order valence-corrected chi connectivity index (χ3v) is 4.78. The van der Waals surface area contributed by atoms with Crippen LogP contribution in [0, 0.1) is 13.8 Å². The van der Waals surface area contributed by atoms with Gasteiger partial charge in [0.25, 0.3) is 0 Å². The van der Waals surface area contributed by atoms with Gasteiger partial charge < -0.3 is 5.32 Å². The number of hydrogen-bond acceptors (Lipinski definition) is 1. The molecule has 0 aliphatic carbocycles. The summed E-state index contributed by atoms with van der Waals surface area (Å²) in [5.74, 6) is 0. The fourth-order valence-electron chi connectivity index (χ4n) is 3.50. The van der Waals surface area contributed by atoms with E-state index in [1.807, 2.05) is 0 Å². The minimum absolute atomic E-state index is 0.385. The molecule has 1 heteroatoms. The second-order valence-electron chi connectivity index (χ2n) is 6.50. The molecule has 1 atom stereocenters. The molecule has 3 aromatic rings. The average molecular weight is 299 g/mol. The Balaban J connectivity index is 1.66. The van der Waals surface area contributed by atoms with Crippen molar-refractivity contribution in [3.8, 4) is 11.1 Å². The Morgan fingerprint density at radius 2 is 1.65 bits per heavy atom. The first kappa shape index (κ1) is 14.1. The van der Waals surface area contributed by atoms with E-state index in [-0.39, 0.29) is 0 Å². The summed E-state index contributed by atoms with van der Waals surface area (Å²) in [5.41, 5.74) is 9.38. The number of nitrogens with one attached hydrogen (secondary N) is 1.